The fourth-order valence-electron chi connectivity index (χ4n) is 2.02. The molecule has 27 heavy (non-hydrogen) atoms. The Morgan fingerprint density at radius 3 is 2.63 bits per heavy atom. The van der Waals surface area contributed by atoms with E-state index in [9.17, 15) is 4.79 Å². The number of thioether (sulfide) groups is 1. The normalized spacial score (nSPS) is 11.1. The van der Waals surface area contributed by atoms with E-state index >= 15 is 0 Å². The van der Waals surface area contributed by atoms with Crippen molar-refractivity contribution in [3.8, 4) is 11.3 Å². The fraction of sp³-hybridized carbons (Fsp3) is 0.0556. The van der Waals surface area contributed by atoms with Crippen LogP contribution in [0, 0.1) is 0 Å². The lowest BCUT2D eigenvalue weighted by Gasteiger charge is -2.00. The Morgan fingerprint density at radius 1 is 1.15 bits per heavy atom. The van der Waals surface area contributed by atoms with E-state index in [4.69, 9.17) is 34.8 Å². The van der Waals surface area contributed by atoms with Crippen LogP contribution in [0.25, 0.3) is 11.3 Å². The number of hydrogen-bond donors (Lipinski definition) is 1. The lowest BCUT2D eigenvalue weighted by Crippen LogP contribution is -2.19. The van der Waals surface area contributed by atoms with Crippen molar-refractivity contribution < 1.29 is 4.79 Å². The quantitative estimate of drug-likeness (QED) is 0.280. The highest BCUT2D eigenvalue weighted by Crippen LogP contribution is 2.28. The molecule has 0 atom stereocenters. The number of nitrogens with zero attached hydrogens (tertiary/aromatic N) is 2. The molecule has 0 aliphatic rings. The molecular weight excluding hydrogens is 445 g/mol. The summed E-state index contributed by atoms with van der Waals surface area (Å²) in [6, 6.07) is 12.5. The molecule has 4 nitrogen and oxygen atoms in total. The minimum atomic E-state index is -0.232. The average Bonchev–Trinajstić information content (AvgIpc) is 3.11. The van der Waals surface area contributed by atoms with Gasteiger partial charge in [0.25, 0.3) is 5.91 Å². The van der Waals surface area contributed by atoms with Crippen LogP contribution in [0.15, 0.2) is 57.3 Å². The van der Waals surface area contributed by atoms with E-state index in [2.05, 4.69) is 15.5 Å². The summed E-state index contributed by atoms with van der Waals surface area (Å²) >= 11 is 20.6. The number of rotatable bonds is 6. The van der Waals surface area contributed by atoms with Crippen LogP contribution < -0.4 is 5.43 Å². The maximum absolute atomic E-state index is 11.9. The van der Waals surface area contributed by atoms with Crippen LogP contribution in [-0.2, 0) is 4.79 Å². The Hall–Kier alpha value is -1.57. The van der Waals surface area contributed by atoms with Gasteiger partial charge < -0.3 is 0 Å². The van der Waals surface area contributed by atoms with Gasteiger partial charge in [-0.25, -0.2) is 10.4 Å². The van der Waals surface area contributed by atoms with Crippen molar-refractivity contribution in [2.45, 2.75) is 4.34 Å². The van der Waals surface area contributed by atoms with Crippen molar-refractivity contribution in [3.63, 3.8) is 0 Å². The number of carbonyl (C=O) groups is 1. The number of nitrogens with one attached hydrogen (secondary N) is 1. The first-order chi connectivity index (χ1) is 13.0. The van der Waals surface area contributed by atoms with E-state index in [1.807, 2.05) is 29.6 Å². The second kappa shape index (κ2) is 9.57. The predicted octanol–water partition coefficient (Wildman–Crippen LogP) is 6.01. The van der Waals surface area contributed by atoms with Gasteiger partial charge in [0, 0.05) is 26.6 Å². The zero-order valence-electron chi connectivity index (χ0n) is 13.7. The van der Waals surface area contributed by atoms with Crippen molar-refractivity contribution in [2.75, 3.05) is 5.75 Å². The first-order valence-corrected chi connectivity index (χ1v) is 10.6. The van der Waals surface area contributed by atoms with Crippen LogP contribution in [0.5, 0.6) is 0 Å². The summed E-state index contributed by atoms with van der Waals surface area (Å²) in [5, 5.41) is 7.55. The van der Waals surface area contributed by atoms with E-state index in [1.54, 1.807) is 18.2 Å². The summed E-state index contributed by atoms with van der Waals surface area (Å²) in [5.41, 5.74) is 4.98. The van der Waals surface area contributed by atoms with Gasteiger partial charge in [0.1, 0.15) is 0 Å². The van der Waals surface area contributed by atoms with Crippen LogP contribution >= 0.6 is 57.9 Å². The van der Waals surface area contributed by atoms with Crippen molar-refractivity contribution in [3.05, 3.63) is 68.5 Å². The molecular formula is C18H12Cl3N3OS2. The van der Waals surface area contributed by atoms with Crippen molar-refractivity contribution in [2.24, 2.45) is 5.10 Å². The number of halogens is 3. The molecule has 0 bridgehead atoms. The number of thiazole rings is 1. The molecule has 138 valence electrons. The molecule has 1 N–H and O–H groups in total. The van der Waals surface area contributed by atoms with Crippen LogP contribution in [0.4, 0.5) is 0 Å². The van der Waals surface area contributed by atoms with Crippen LogP contribution in [-0.4, -0.2) is 22.9 Å². The predicted molar refractivity (Wildman–Crippen MR) is 115 cm³/mol. The van der Waals surface area contributed by atoms with E-state index in [0.717, 1.165) is 15.6 Å². The molecule has 0 fully saturated rings. The molecule has 0 spiro atoms. The molecule has 3 aromatic rings. The highest BCUT2D eigenvalue weighted by Gasteiger charge is 2.08. The first-order valence-electron chi connectivity index (χ1n) is 7.62. The number of carbonyl (C=O) groups excluding carboxylic acids is 1. The maximum Gasteiger partial charge on any atom is 0.250 e. The lowest BCUT2D eigenvalue weighted by molar-refractivity contribution is -0.118. The summed E-state index contributed by atoms with van der Waals surface area (Å²) in [6.07, 6.45) is 1.48. The number of aromatic nitrogens is 1. The maximum atomic E-state index is 11.9. The third kappa shape index (κ3) is 5.96. The molecule has 0 radical (unpaired) electrons. The van der Waals surface area contributed by atoms with Crippen molar-refractivity contribution >= 4 is 70.0 Å². The monoisotopic (exact) mass is 455 g/mol. The van der Waals surface area contributed by atoms with Gasteiger partial charge in [-0.05, 0) is 24.3 Å². The Balaban J connectivity index is 1.50. The molecule has 0 aliphatic carbocycles. The average molecular weight is 457 g/mol. The SMILES string of the molecule is O=C(CSc1nc(-c2ccc(Cl)cc2)cs1)N/N=C/c1ccc(Cl)cc1Cl. The van der Waals surface area contributed by atoms with Gasteiger partial charge in [0.2, 0.25) is 0 Å². The third-order valence-corrected chi connectivity index (χ3v) is 6.14. The van der Waals surface area contributed by atoms with Gasteiger partial charge in [-0.15, -0.1) is 11.3 Å². The topological polar surface area (TPSA) is 54.4 Å². The summed E-state index contributed by atoms with van der Waals surface area (Å²) in [6.45, 7) is 0. The molecule has 0 saturated heterocycles. The standard InChI is InChI=1S/C18H12Cl3N3OS2/c19-13-4-1-11(2-5-13)16-9-26-18(23-16)27-10-17(25)24-22-8-12-3-6-14(20)7-15(12)21/h1-9H,10H2,(H,24,25)/b22-8+. The molecule has 0 aliphatic heterocycles. The Labute approximate surface area is 179 Å². The summed E-state index contributed by atoms with van der Waals surface area (Å²) in [7, 11) is 0. The summed E-state index contributed by atoms with van der Waals surface area (Å²) in [4.78, 5) is 16.4. The van der Waals surface area contributed by atoms with Gasteiger partial charge in [-0.1, -0.05) is 64.8 Å². The molecule has 1 amide bonds. The van der Waals surface area contributed by atoms with Gasteiger partial charge in [-0.2, -0.15) is 5.10 Å². The van der Waals surface area contributed by atoms with Crippen LogP contribution in [0.1, 0.15) is 5.56 Å². The summed E-state index contributed by atoms with van der Waals surface area (Å²) in [5.74, 6) is -0.0243. The second-order valence-corrected chi connectivity index (χ2v) is 8.61. The van der Waals surface area contributed by atoms with Gasteiger partial charge in [0.15, 0.2) is 4.34 Å². The largest absolute Gasteiger partial charge is 0.272 e. The van der Waals surface area contributed by atoms with Crippen LogP contribution in [0.3, 0.4) is 0 Å². The van der Waals surface area contributed by atoms with E-state index < -0.39 is 0 Å². The molecule has 2 aromatic carbocycles. The lowest BCUT2D eigenvalue weighted by atomic mass is 10.2. The van der Waals surface area contributed by atoms with E-state index in [1.165, 1.54) is 29.3 Å². The van der Waals surface area contributed by atoms with Gasteiger partial charge in [-0.3, -0.25) is 4.79 Å². The molecule has 1 aromatic heterocycles. The number of hydrazone groups is 1. The highest BCUT2D eigenvalue weighted by atomic mass is 35.5. The van der Waals surface area contributed by atoms with Gasteiger partial charge in [0.05, 0.1) is 22.7 Å². The molecule has 1 heterocycles. The Morgan fingerprint density at radius 2 is 1.89 bits per heavy atom. The first kappa shape index (κ1) is 20.2. The Kier molecular flexibility index (Phi) is 7.15. The molecule has 3 rings (SSSR count). The van der Waals surface area contributed by atoms with E-state index in [-0.39, 0.29) is 11.7 Å². The molecule has 0 saturated carbocycles. The van der Waals surface area contributed by atoms with Crippen molar-refractivity contribution in [1.29, 1.82) is 0 Å². The fourth-order valence-corrected chi connectivity index (χ4v) is 4.23. The van der Waals surface area contributed by atoms with E-state index in [0.29, 0.717) is 20.6 Å². The molecule has 9 heteroatoms. The second-order valence-electron chi connectivity index (χ2n) is 5.25. The Bertz CT molecular complexity index is 974. The zero-order chi connectivity index (χ0) is 19.2. The molecule has 0 unspecified atom stereocenters. The third-order valence-electron chi connectivity index (χ3n) is 3.31. The number of amides is 1. The van der Waals surface area contributed by atoms with Crippen LogP contribution in [0.2, 0.25) is 15.1 Å². The smallest absolute Gasteiger partial charge is 0.250 e. The van der Waals surface area contributed by atoms with Gasteiger partial charge >= 0.3 is 0 Å². The number of benzene rings is 2. The minimum Gasteiger partial charge on any atom is -0.272 e. The highest BCUT2D eigenvalue weighted by molar-refractivity contribution is 8.01. The minimum absolute atomic E-state index is 0.208. The zero-order valence-corrected chi connectivity index (χ0v) is 17.6. The van der Waals surface area contributed by atoms with Crippen molar-refractivity contribution in [1.82, 2.24) is 10.4 Å². The summed E-state index contributed by atoms with van der Waals surface area (Å²) < 4.78 is 0.805. The number of hydrogen-bond acceptors (Lipinski definition) is 5.